The fraction of sp³-hybridized carbons (Fsp3) is 0.286. The standard InChI is InChI=1S/C14H16FN3/c1-10-4-3-7-16-14(10)9-17-11(2)13-6-5-12(15)8-18-13/h3-8,11,17H,9H2,1-2H3. The fourth-order valence-electron chi connectivity index (χ4n) is 1.70. The number of nitrogens with one attached hydrogen (secondary N) is 1. The largest absolute Gasteiger partial charge is 0.303 e. The summed E-state index contributed by atoms with van der Waals surface area (Å²) in [5, 5.41) is 3.33. The molecule has 0 aliphatic carbocycles. The second-order valence-electron chi connectivity index (χ2n) is 4.27. The van der Waals surface area contributed by atoms with Crippen molar-refractivity contribution in [2.75, 3.05) is 0 Å². The van der Waals surface area contributed by atoms with E-state index in [1.807, 2.05) is 26.0 Å². The molecule has 3 nitrogen and oxygen atoms in total. The first-order chi connectivity index (χ1) is 8.66. The van der Waals surface area contributed by atoms with Crippen molar-refractivity contribution in [3.63, 3.8) is 0 Å². The van der Waals surface area contributed by atoms with Crippen LogP contribution in [0.25, 0.3) is 0 Å². The third kappa shape index (κ3) is 3.11. The number of hydrogen-bond donors (Lipinski definition) is 1. The molecule has 2 aromatic heterocycles. The lowest BCUT2D eigenvalue weighted by Crippen LogP contribution is -2.20. The molecule has 18 heavy (non-hydrogen) atoms. The number of nitrogens with zero attached hydrogens (tertiary/aromatic N) is 2. The first-order valence-electron chi connectivity index (χ1n) is 5.92. The Morgan fingerprint density at radius 1 is 1.28 bits per heavy atom. The molecule has 2 heterocycles. The highest BCUT2D eigenvalue weighted by Crippen LogP contribution is 2.11. The fourth-order valence-corrected chi connectivity index (χ4v) is 1.70. The Morgan fingerprint density at radius 3 is 2.78 bits per heavy atom. The van der Waals surface area contributed by atoms with Crippen molar-refractivity contribution in [2.45, 2.75) is 26.4 Å². The molecule has 2 rings (SSSR count). The zero-order valence-electron chi connectivity index (χ0n) is 10.5. The number of pyridine rings is 2. The van der Waals surface area contributed by atoms with Gasteiger partial charge in [-0.15, -0.1) is 0 Å². The SMILES string of the molecule is Cc1cccnc1CNC(C)c1ccc(F)cn1. The van der Waals surface area contributed by atoms with Crippen molar-refractivity contribution in [1.29, 1.82) is 0 Å². The van der Waals surface area contributed by atoms with E-state index in [0.717, 1.165) is 17.0 Å². The van der Waals surface area contributed by atoms with Gasteiger partial charge in [0.1, 0.15) is 5.82 Å². The number of aryl methyl sites for hydroxylation is 1. The zero-order chi connectivity index (χ0) is 13.0. The van der Waals surface area contributed by atoms with E-state index >= 15 is 0 Å². The number of halogens is 1. The van der Waals surface area contributed by atoms with E-state index in [0.29, 0.717) is 6.54 Å². The summed E-state index contributed by atoms with van der Waals surface area (Å²) < 4.78 is 12.8. The smallest absolute Gasteiger partial charge is 0.141 e. The molecule has 0 bridgehead atoms. The van der Waals surface area contributed by atoms with Gasteiger partial charge in [0.2, 0.25) is 0 Å². The summed E-state index contributed by atoms with van der Waals surface area (Å²) in [5.74, 6) is -0.313. The lowest BCUT2D eigenvalue weighted by molar-refractivity contribution is 0.548. The Bertz CT molecular complexity index is 511. The van der Waals surface area contributed by atoms with Gasteiger partial charge in [-0.25, -0.2) is 4.39 Å². The maximum atomic E-state index is 12.8. The molecule has 0 saturated carbocycles. The zero-order valence-corrected chi connectivity index (χ0v) is 10.5. The third-order valence-electron chi connectivity index (χ3n) is 2.89. The average Bonchev–Trinajstić information content (AvgIpc) is 2.38. The van der Waals surface area contributed by atoms with Gasteiger partial charge >= 0.3 is 0 Å². The molecule has 2 aromatic rings. The van der Waals surface area contributed by atoms with Crippen molar-refractivity contribution in [2.24, 2.45) is 0 Å². The monoisotopic (exact) mass is 245 g/mol. The molecule has 0 aromatic carbocycles. The van der Waals surface area contributed by atoms with Crippen LogP contribution < -0.4 is 5.32 Å². The van der Waals surface area contributed by atoms with Crippen LogP contribution in [0.3, 0.4) is 0 Å². The van der Waals surface area contributed by atoms with E-state index in [1.54, 1.807) is 12.3 Å². The minimum atomic E-state index is -0.313. The first-order valence-corrected chi connectivity index (χ1v) is 5.92. The van der Waals surface area contributed by atoms with E-state index in [4.69, 9.17) is 0 Å². The molecular formula is C14H16FN3. The van der Waals surface area contributed by atoms with Gasteiger partial charge in [0.15, 0.2) is 0 Å². The molecule has 0 amide bonds. The number of rotatable bonds is 4. The van der Waals surface area contributed by atoms with Crippen LogP contribution >= 0.6 is 0 Å². The highest BCUT2D eigenvalue weighted by molar-refractivity contribution is 5.18. The normalized spacial score (nSPS) is 12.4. The molecule has 1 unspecified atom stereocenters. The van der Waals surface area contributed by atoms with Crippen molar-refractivity contribution in [1.82, 2.24) is 15.3 Å². The van der Waals surface area contributed by atoms with Crippen LogP contribution in [0.5, 0.6) is 0 Å². The molecule has 94 valence electrons. The number of hydrogen-bond acceptors (Lipinski definition) is 3. The molecule has 0 aliphatic rings. The topological polar surface area (TPSA) is 37.8 Å². The summed E-state index contributed by atoms with van der Waals surface area (Å²) in [6, 6.07) is 7.13. The van der Waals surface area contributed by atoms with Gasteiger partial charge in [-0.1, -0.05) is 6.07 Å². The Labute approximate surface area is 106 Å². The Kier molecular flexibility index (Phi) is 3.99. The molecule has 0 radical (unpaired) electrons. The number of aromatic nitrogens is 2. The summed E-state index contributed by atoms with van der Waals surface area (Å²) >= 11 is 0. The highest BCUT2D eigenvalue weighted by atomic mass is 19.1. The van der Waals surface area contributed by atoms with Crippen LogP contribution in [0.2, 0.25) is 0 Å². The second-order valence-corrected chi connectivity index (χ2v) is 4.27. The summed E-state index contributed by atoms with van der Waals surface area (Å²) in [7, 11) is 0. The quantitative estimate of drug-likeness (QED) is 0.900. The predicted molar refractivity (Wildman–Crippen MR) is 68.4 cm³/mol. The van der Waals surface area contributed by atoms with E-state index < -0.39 is 0 Å². The van der Waals surface area contributed by atoms with Crippen molar-refractivity contribution in [3.05, 3.63) is 59.4 Å². The lowest BCUT2D eigenvalue weighted by atomic mass is 10.2. The first kappa shape index (κ1) is 12.6. The van der Waals surface area contributed by atoms with Gasteiger partial charge in [0.25, 0.3) is 0 Å². The Balaban J connectivity index is 1.98. The Morgan fingerprint density at radius 2 is 2.11 bits per heavy atom. The van der Waals surface area contributed by atoms with Gasteiger partial charge in [0.05, 0.1) is 17.6 Å². The predicted octanol–water partition coefficient (Wildman–Crippen LogP) is 2.77. The van der Waals surface area contributed by atoms with Gasteiger partial charge in [-0.3, -0.25) is 9.97 Å². The lowest BCUT2D eigenvalue weighted by Gasteiger charge is -2.13. The van der Waals surface area contributed by atoms with E-state index in [-0.39, 0.29) is 11.9 Å². The van der Waals surface area contributed by atoms with Crippen LogP contribution in [0.1, 0.15) is 29.9 Å². The maximum absolute atomic E-state index is 12.8. The van der Waals surface area contributed by atoms with Gasteiger partial charge < -0.3 is 5.32 Å². The van der Waals surface area contributed by atoms with Crippen LogP contribution in [0.4, 0.5) is 4.39 Å². The average molecular weight is 245 g/mol. The third-order valence-corrected chi connectivity index (χ3v) is 2.89. The molecular weight excluding hydrogens is 229 g/mol. The van der Waals surface area contributed by atoms with Crippen molar-refractivity contribution < 1.29 is 4.39 Å². The molecule has 0 saturated heterocycles. The van der Waals surface area contributed by atoms with Crippen LogP contribution in [-0.4, -0.2) is 9.97 Å². The van der Waals surface area contributed by atoms with E-state index in [2.05, 4.69) is 15.3 Å². The molecule has 4 heteroatoms. The molecule has 0 spiro atoms. The summed E-state index contributed by atoms with van der Waals surface area (Å²) in [4.78, 5) is 8.37. The van der Waals surface area contributed by atoms with Crippen LogP contribution in [0.15, 0.2) is 36.7 Å². The van der Waals surface area contributed by atoms with Gasteiger partial charge in [-0.05, 0) is 37.6 Å². The maximum Gasteiger partial charge on any atom is 0.141 e. The Hall–Kier alpha value is -1.81. The molecule has 1 atom stereocenters. The van der Waals surface area contributed by atoms with Crippen LogP contribution in [0, 0.1) is 12.7 Å². The molecule has 0 fully saturated rings. The van der Waals surface area contributed by atoms with Crippen molar-refractivity contribution in [3.8, 4) is 0 Å². The molecule has 1 N–H and O–H groups in total. The minimum Gasteiger partial charge on any atom is -0.303 e. The minimum absolute atomic E-state index is 0.0620. The van der Waals surface area contributed by atoms with Crippen LogP contribution in [-0.2, 0) is 6.54 Å². The van der Waals surface area contributed by atoms with Gasteiger partial charge in [-0.2, -0.15) is 0 Å². The highest BCUT2D eigenvalue weighted by Gasteiger charge is 2.07. The van der Waals surface area contributed by atoms with E-state index in [9.17, 15) is 4.39 Å². The summed E-state index contributed by atoms with van der Waals surface area (Å²) in [6.45, 7) is 4.70. The van der Waals surface area contributed by atoms with E-state index in [1.165, 1.54) is 12.3 Å². The van der Waals surface area contributed by atoms with Crippen molar-refractivity contribution >= 4 is 0 Å². The second kappa shape index (κ2) is 5.69. The summed E-state index contributed by atoms with van der Waals surface area (Å²) in [6.07, 6.45) is 3.02. The molecule has 0 aliphatic heterocycles. The summed E-state index contributed by atoms with van der Waals surface area (Å²) in [5.41, 5.74) is 3.00. The van der Waals surface area contributed by atoms with Gasteiger partial charge in [0, 0.05) is 18.8 Å².